The third-order valence-corrected chi connectivity index (χ3v) is 6.79. The number of benzene rings is 1. The third kappa shape index (κ3) is 3.31. The maximum Gasteiger partial charge on any atom is 0.308 e. The highest BCUT2D eigenvalue weighted by Crippen LogP contribution is 2.47. The maximum atomic E-state index is 13.1. The number of hydrogen-bond donors (Lipinski definition) is 0. The van der Waals surface area contributed by atoms with E-state index in [1.807, 2.05) is 19.1 Å². The van der Waals surface area contributed by atoms with Crippen molar-refractivity contribution in [3.05, 3.63) is 45.7 Å². The van der Waals surface area contributed by atoms with Crippen LogP contribution in [0.4, 0.5) is 11.5 Å². The molecule has 6 heteroatoms. The van der Waals surface area contributed by atoms with Crippen LogP contribution in [0.25, 0.3) is 11.2 Å². The minimum atomic E-state index is -0.267. The molecule has 3 aromatic rings. The van der Waals surface area contributed by atoms with Crippen LogP contribution in [0.2, 0.25) is 0 Å². The number of imidazole rings is 1. The molecule has 1 aliphatic heterocycles. The normalized spacial score (nSPS) is 15.4. The van der Waals surface area contributed by atoms with Crippen LogP contribution in [0.1, 0.15) is 55.5 Å². The Kier molecular flexibility index (Phi) is 4.86. The zero-order chi connectivity index (χ0) is 20.8. The van der Waals surface area contributed by atoms with Gasteiger partial charge in [0, 0.05) is 17.4 Å². The second-order valence-corrected chi connectivity index (χ2v) is 8.95. The fourth-order valence-electron chi connectivity index (χ4n) is 4.26. The van der Waals surface area contributed by atoms with Crippen LogP contribution in [-0.4, -0.2) is 20.4 Å². The summed E-state index contributed by atoms with van der Waals surface area (Å²) in [4.78, 5) is 24.4. The van der Waals surface area contributed by atoms with Gasteiger partial charge in [0.1, 0.15) is 11.6 Å². The van der Waals surface area contributed by atoms with Crippen molar-refractivity contribution in [1.29, 1.82) is 0 Å². The minimum Gasteiger partial charge on any atom is -0.327 e. The summed E-state index contributed by atoms with van der Waals surface area (Å²) >= 11 is 3.65. The van der Waals surface area contributed by atoms with E-state index in [0.29, 0.717) is 17.4 Å². The summed E-state index contributed by atoms with van der Waals surface area (Å²) in [5.41, 5.74) is 4.87. The first kappa shape index (κ1) is 19.3. The highest BCUT2D eigenvalue weighted by Gasteiger charge is 2.31. The fraction of sp³-hybridized carbons (Fsp3) is 0.375. The highest BCUT2D eigenvalue weighted by atomic mass is 79.9. The number of fused-ring (bicyclic) bond motifs is 3. The van der Waals surface area contributed by atoms with Gasteiger partial charge in [0.05, 0.1) is 11.2 Å². The fourth-order valence-corrected chi connectivity index (χ4v) is 4.62. The Balaban J connectivity index is 1.68. The lowest BCUT2D eigenvalue weighted by Crippen LogP contribution is -2.26. The number of carbonyl (C=O) groups is 1. The van der Waals surface area contributed by atoms with E-state index >= 15 is 0 Å². The Morgan fingerprint density at radius 2 is 2.07 bits per heavy atom. The molecule has 0 radical (unpaired) electrons. The van der Waals surface area contributed by atoms with E-state index in [1.165, 1.54) is 12.0 Å². The highest BCUT2D eigenvalue weighted by molar-refractivity contribution is 9.10. The average molecular weight is 463 g/mol. The van der Waals surface area contributed by atoms with Crippen molar-refractivity contribution >= 4 is 44.5 Å². The van der Waals surface area contributed by atoms with Crippen molar-refractivity contribution in [3.8, 4) is 11.8 Å². The second kappa shape index (κ2) is 7.55. The first-order valence-electron chi connectivity index (χ1n) is 10.5. The predicted octanol–water partition coefficient (Wildman–Crippen LogP) is 5.40. The van der Waals surface area contributed by atoms with E-state index in [1.54, 1.807) is 11.8 Å². The molecule has 2 aliphatic rings. The van der Waals surface area contributed by atoms with Gasteiger partial charge in [0.15, 0.2) is 5.65 Å². The van der Waals surface area contributed by atoms with Crippen molar-refractivity contribution < 1.29 is 4.79 Å². The molecular formula is C24H23BrN4O. The van der Waals surface area contributed by atoms with E-state index in [9.17, 15) is 4.79 Å². The van der Waals surface area contributed by atoms with Gasteiger partial charge < -0.3 is 4.57 Å². The van der Waals surface area contributed by atoms with Gasteiger partial charge in [-0.05, 0) is 86.8 Å². The molecule has 1 aromatic carbocycles. The molecule has 0 unspecified atom stereocenters. The van der Waals surface area contributed by atoms with E-state index < -0.39 is 0 Å². The number of hydrogen-bond acceptors (Lipinski definition) is 3. The van der Waals surface area contributed by atoms with Gasteiger partial charge in [-0.2, -0.15) is 0 Å². The van der Waals surface area contributed by atoms with E-state index in [4.69, 9.17) is 9.97 Å². The number of aryl methyl sites for hydroxylation is 3. The molecule has 0 N–H and O–H groups in total. The first-order valence-corrected chi connectivity index (χ1v) is 11.3. The van der Waals surface area contributed by atoms with Gasteiger partial charge in [0.25, 0.3) is 0 Å². The van der Waals surface area contributed by atoms with Crippen molar-refractivity contribution in [3.63, 3.8) is 0 Å². The van der Waals surface area contributed by atoms with E-state index in [0.717, 1.165) is 59.3 Å². The van der Waals surface area contributed by atoms with Gasteiger partial charge in [-0.1, -0.05) is 21.9 Å². The minimum absolute atomic E-state index is 0.267. The van der Waals surface area contributed by atoms with Gasteiger partial charge in [-0.15, -0.1) is 0 Å². The summed E-state index contributed by atoms with van der Waals surface area (Å²) in [6, 6.07) is 8.18. The second-order valence-electron chi connectivity index (χ2n) is 8.10. The van der Waals surface area contributed by atoms with Gasteiger partial charge in [-0.3, -0.25) is 9.69 Å². The van der Waals surface area contributed by atoms with Crippen molar-refractivity contribution in [2.45, 2.75) is 58.4 Å². The zero-order valence-electron chi connectivity index (χ0n) is 17.2. The molecule has 2 aromatic heterocycles. The van der Waals surface area contributed by atoms with E-state index in [2.05, 4.69) is 44.5 Å². The van der Waals surface area contributed by atoms with Crippen LogP contribution in [0.5, 0.6) is 0 Å². The Labute approximate surface area is 184 Å². The molecule has 0 spiro atoms. The van der Waals surface area contributed by atoms with Crippen LogP contribution in [0.15, 0.2) is 28.7 Å². The summed E-state index contributed by atoms with van der Waals surface area (Å²) in [6.45, 7) is 4.71. The Morgan fingerprint density at radius 1 is 1.23 bits per heavy atom. The van der Waals surface area contributed by atoms with Gasteiger partial charge in [-0.25, -0.2) is 9.97 Å². The third-order valence-electron chi connectivity index (χ3n) is 5.94. The van der Waals surface area contributed by atoms with Gasteiger partial charge in [0.2, 0.25) is 0 Å². The molecule has 1 fully saturated rings. The van der Waals surface area contributed by atoms with Gasteiger partial charge >= 0.3 is 5.91 Å². The number of aromatic nitrogens is 3. The Bertz CT molecular complexity index is 1230. The summed E-state index contributed by atoms with van der Waals surface area (Å²) in [5, 5.41) is 0. The lowest BCUT2D eigenvalue weighted by Gasteiger charge is -2.23. The molecule has 0 saturated heterocycles. The largest absolute Gasteiger partial charge is 0.327 e. The number of halogens is 1. The number of rotatable bonds is 3. The summed E-state index contributed by atoms with van der Waals surface area (Å²) in [6.07, 6.45) is 5.59. The molecule has 152 valence electrons. The summed E-state index contributed by atoms with van der Waals surface area (Å²) in [7, 11) is 0. The summed E-state index contributed by atoms with van der Waals surface area (Å²) in [5.74, 6) is 7.35. The lowest BCUT2D eigenvalue weighted by molar-refractivity contribution is -0.112. The summed E-state index contributed by atoms with van der Waals surface area (Å²) < 4.78 is 3.32. The smallest absolute Gasteiger partial charge is 0.308 e. The molecule has 1 saturated carbocycles. The average Bonchev–Trinajstić information content (AvgIpc) is 3.51. The number of pyridine rings is 1. The predicted molar refractivity (Wildman–Crippen MR) is 122 cm³/mol. The van der Waals surface area contributed by atoms with Crippen LogP contribution in [-0.2, 0) is 17.8 Å². The van der Waals surface area contributed by atoms with Crippen molar-refractivity contribution in [2.75, 3.05) is 4.90 Å². The maximum absolute atomic E-state index is 13.1. The first-order chi connectivity index (χ1) is 14.6. The monoisotopic (exact) mass is 462 g/mol. The standard InChI is InChI=1S/C24H23BrN4O/c1-3-6-23(30)29(20-13-15(2)18(25)14-17(20)16-8-9-16)22-11-10-19-24(27-22)26-21-7-4-5-12-28(19)21/h10-11,13-14,16H,4-5,7-9,12H2,1-2H3. The number of carbonyl (C=O) groups excluding carboxylic acids is 1. The molecule has 1 aliphatic carbocycles. The van der Waals surface area contributed by atoms with Crippen LogP contribution in [0.3, 0.4) is 0 Å². The molecule has 3 heterocycles. The Morgan fingerprint density at radius 3 is 2.83 bits per heavy atom. The molecular weight excluding hydrogens is 440 g/mol. The molecule has 1 amide bonds. The molecule has 0 atom stereocenters. The molecule has 30 heavy (non-hydrogen) atoms. The van der Waals surface area contributed by atoms with Crippen LogP contribution < -0.4 is 4.90 Å². The van der Waals surface area contributed by atoms with Crippen molar-refractivity contribution in [2.24, 2.45) is 0 Å². The molecule has 0 bridgehead atoms. The van der Waals surface area contributed by atoms with E-state index in [-0.39, 0.29) is 5.91 Å². The molecule has 5 nitrogen and oxygen atoms in total. The lowest BCUT2D eigenvalue weighted by atomic mass is 10.0. The topological polar surface area (TPSA) is 51.0 Å². The Hall–Kier alpha value is -2.65. The number of amides is 1. The number of anilines is 2. The van der Waals surface area contributed by atoms with Crippen LogP contribution in [0, 0.1) is 18.8 Å². The molecule has 5 rings (SSSR count). The zero-order valence-corrected chi connectivity index (χ0v) is 18.8. The van der Waals surface area contributed by atoms with Crippen LogP contribution >= 0.6 is 15.9 Å². The quantitative estimate of drug-likeness (QED) is 0.489. The van der Waals surface area contributed by atoms with Crippen molar-refractivity contribution in [1.82, 2.24) is 14.5 Å². The number of nitrogens with zero attached hydrogens (tertiary/aromatic N) is 4. The SMILES string of the molecule is CC#CC(=O)N(c1ccc2c(n1)nc1n2CCCC1)c1cc(C)c(Br)cc1C1CC1.